The number of likely N-dealkylation sites (tertiary alicyclic amines) is 1. The maximum Gasteiger partial charge on any atom is 0.193 e. The zero-order valence-corrected chi connectivity index (χ0v) is 19.1. The van der Waals surface area contributed by atoms with E-state index in [9.17, 15) is 0 Å². The van der Waals surface area contributed by atoms with Crippen molar-refractivity contribution >= 4 is 28.5 Å². The molecule has 0 saturated carbocycles. The number of guanidine groups is 1. The average molecular weight is 430 g/mol. The Kier molecular flexibility index (Phi) is 9.80. The maximum absolute atomic E-state index is 5.96. The van der Waals surface area contributed by atoms with E-state index in [1.807, 2.05) is 18.8 Å². The Balaban J connectivity index is 1.34. The minimum absolute atomic E-state index is 0.368. The van der Waals surface area contributed by atoms with Crippen LogP contribution in [0.4, 0.5) is 0 Å². The number of rotatable bonds is 10. The highest BCUT2D eigenvalue weighted by Crippen LogP contribution is 2.22. The minimum Gasteiger partial charge on any atom is -0.385 e. The minimum atomic E-state index is 0.368. The molecule has 0 aromatic heterocycles. The smallest absolute Gasteiger partial charge is 0.193 e. The molecule has 1 saturated heterocycles. The predicted octanol–water partition coefficient (Wildman–Crippen LogP) is 4.17. The highest BCUT2D eigenvalue weighted by atomic mass is 32.2. The van der Waals surface area contributed by atoms with E-state index in [0.717, 1.165) is 69.6 Å². The van der Waals surface area contributed by atoms with Gasteiger partial charge in [0.05, 0.1) is 6.10 Å². The Hall–Kier alpha value is -1.76. The molecule has 30 heavy (non-hydrogen) atoms. The van der Waals surface area contributed by atoms with Crippen molar-refractivity contribution in [1.82, 2.24) is 10.2 Å². The normalized spacial score (nSPS) is 15.7. The van der Waals surface area contributed by atoms with Crippen LogP contribution < -0.4 is 5.32 Å². The van der Waals surface area contributed by atoms with E-state index < -0.39 is 0 Å². The van der Waals surface area contributed by atoms with Crippen molar-refractivity contribution in [1.29, 1.82) is 0 Å². The molecule has 1 aliphatic rings. The van der Waals surface area contributed by atoms with Gasteiger partial charge in [-0.25, -0.2) is 0 Å². The van der Waals surface area contributed by atoms with Crippen LogP contribution in [0.25, 0.3) is 10.8 Å². The SMILES string of the molecule is CN=C(NCCSCc1cccc2ccccc12)N1CCC(OCCCOC)CC1. The predicted molar refractivity (Wildman–Crippen MR) is 129 cm³/mol. The first-order valence-electron chi connectivity index (χ1n) is 10.9. The number of nitrogens with zero attached hydrogens (tertiary/aromatic N) is 2. The molecule has 0 amide bonds. The molecule has 6 heteroatoms. The number of benzene rings is 2. The van der Waals surface area contributed by atoms with Crippen LogP contribution in [0.3, 0.4) is 0 Å². The van der Waals surface area contributed by atoms with Crippen LogP contribution in [0, 0.1) is 0 Å². The molecule has 164 valence electrons. The molecule has 3 rings (SSSR count). The molecule has 0 aliphatic carbocycles. The molecule has 0 radical (unpaired) electrons. The Morgan fingerprint density at radius 1 is 1.13 bits per heavy atom. The number of nitrogens with one attached hydrogen (secondary N) is 1. The number of thioether (sulfide) groups is 1. The molecule has 2 aromatic rings. The number of aliphatic imine (C=N–C) groups is 1. The van der Waals surface area contributed by atoms with Crippen LogP contribution in [-0.2, 0) is 15.2 Å². The van der Waals surface area contributed by atoms with Crippen molar-refractivity contribution in [2.75, 3.05) is 52.8 Å². The van der Waals surface area contributed by atoms with Gasteiger partial charge in [0.1, 0.15) is 0 Å². The topological polar surface area (TPSA) is 46.1 Å². The van der Waals surface area contributed by atoms with Gasteiger partial charge in [-0.3, -0.25) is 4.99 Å². The number of methoxy groups -OCH3 is 1. The zero-order chi connectivity index (χ0) is 21.0. The fourth-order valence-electron chi connectivity index (χ4n) is 3.86. The first kappa shape index (κ1) is 22.9. The van der Waals surface area contributed by atoms with E-state index >= 15 is 0 Å². The molecule has 0 bridgehead atoms. The number of hydrogen-bond donors (Lipinski definition) is 1. The van der Waals surface area contributed by atoms with E-state index in [4.69, 9.17) is 9.47 Å². The number of ether oxygens (including phenoxy) is 2. The summed E-state index contributed by atoms with van der Waals surface area (Å²) in [4.78, 5) is 6.84. The van der Waals surface area contributed by atoms with Gasteiger partial charge in [-0.1, -0.05) is 42.5 Å². The fourth-order valence-corrected chi connectivity index (χ4v) is 4.72. The van der Waals surface area contributed by atoms with Crippen molar-refractivity contribution in [2.45, 2.75) is 31.1 Å². The largest absolute Gasteiger partial charge is 0.385 e. The van der Waals surface area contributed by atoms with Gasteiger partial charge in [0.2, 0.25) is 0 Å². The summed E-state index contributed by atoms with van der Waals surface area (Å²) in [7, 11) is 3.61. The Labute approximate surface area is 185 Å². The molecule has 0 unspecified atom stereocenters. The van der Waals surface area contributed by atoms with Crippen LogP contribution in [0.2, 0.25) is 0 Å². The molecule has 0 atom stereocenters. The van der Waals surface area contributed by atoms with Crippen molar-refractivity contribution < 1.29 is 9.47 Å². The third kappa shape index (κ3) is 6.89. The van der Waals surface area contributed by atoms with E-state index in [1.165, 1.54) is 16.3 Å². The average Bonchev–Trinajstić information content (AvgIpc) is 2.80. The third-order valence-corrected chi connectivity index (χ3v) is 6.47. The number of piperidine rings is 1. The Morgan fingerprint density at radius 3 is 2.73 bits per heavy atom. The lowest BCUT2D eigenvalue weighted by atomic mass is 10.1. The van der Waals surface area contributed by atoms with E-state index in [0.29, 0.717) is 6.10 Å². The summed E-state index contributed by atoms with van der Waals surface area (Å²) < 4.78 is 11.0. The summed E-state index contributed by atoms with van der Waals surface area (Å²) >= 11 is 1.97. The van der Waals surface area contributed by atoms with Crippen molar-refractivity contribution in [3.05, 3.63) is 48.0 Å². The quantitative estimate of drug-likeness (QED) is 0.349. The maximum atomic E-state index is 5.96. The molecule has 0 spiro atoms. The standard InChI is InChI=1S/C24H35N3O2S/c1-25-24(27-14-11-22(12-15-27)29-17-6-16-28-2)26-13-18-30-19-21-9-5-8-20-7-3-4-10-23(20)21/h3-5,7-10,22H,6,11-19H2,1-2H3,(H,25,26). The van der Waals surface area contributed by atoms with Gasteiger partial charge in [-0.15, -0.1) is 0 Å². The first-order valence-corrected chi connectivity index (χ1v) is 12.1. The lowest BCUT2D eigenvalue weighted by molar-refractivity contribution is 0.00993. The highest BCUT2D eigenvalue weighted by Gasteiger charge is 2.21. The van der Waals surface area contributed by atoms with Crippen LogP contribution >= 0.6 is 11.8 Å². The van der Waals surface area contributed by atoms with Gasteiger partial charge in [-0.05, 0) is 35.6 Å². The fraction of sp³-hybridized carbons (Fsp3) is 0.542. The lowest BCUT2D eigenvalue weighted by Gasteiger charge is -2.34. The van der Waals surface area contributed by atoms with E-state index in [-0.39, 0.29) is 0 Å². The monoisotopic (exact) mass is 429 g/mol. The molecule has 5 nitrogen and oxygen atoms in total. The second kappa shape index (κ2) is 12.8. The van der Waals surface area contributed by atoms with E-state index in [2.05, 4.69) is 57.7 Å². The molecular formula is C24H35N3O2S. The summed E-state index contributed by atoms with van der Waals surface area (Å²) in [6.45, 7) is 4.48. The number of fused-ring (bicyclic) bond motifs is 1. The molecule has 2 aromatic carbocycles. The Morgan fingerprint density at radius 2 is 1.93 bits per heavy atom. The van der Waals surface area contributed by atoms with Gasteiger partial charge in [-0.2, -0.15) is 11.8 Å². The van der Waals surface area contributed by atoms with Crippen molar-refractivity contribution in [3.63, 3.8) is 0 Å². The highest BCUT2D eigenvalue weighted by molar-refractivity contribution is 7.98. The van der Waals surface area contributed by atoms with Crippen LogP contribution in [-0.4, -0.2) is 69.7 Å². The van der Waals surface area contributed by atoms with Crippen LogP contribution in [0.15, 0.2) is 47.5 Å². The molecule has 1 N–H and O–H groups in total. The third-order valence-electron chi connectivity index (χ3n) is 5.47. The molecule has 1 aliphatic heterocycles. The Bertz CT molecular complexity index is 786. The molecule has 1 heterocycles. The lowest BCUT2D eigenvalue weighted by Crippen LogP contribution is -2.47. The van der Waals surface area contributed by atoms with Gasteiger partial charge >= 0.3 is 0 Å². The van der Waals surface area contributed by atoms with Crippen molar-refractivity contribution in [3.8, 4) is 0 Å². The summed E-state index contributed by atoms with van der Waals surface area (Å²) in [6, 6.07) is 15.2. The first-order chi connectivity index (χ1) is 14.8. The van der Waals surface area contributed by atoms with Gasteiger partial charge < -0.3 is 19.7 Å². The summed E-state index contributed by atoms with van der Waals surface area (Å²) in [5.41, 5.74) is 1.41. The number of hydrogen-bond acceptors (Lipinski definition) is 4. The zero-order valence-electron chi connectivity index (χ0n) is 18.3. The van der Waals surface area contributed by atoms with Gasteiger partial charge in [0.15, 0.2) is 5.96 Å². The molecule has 1 fully saturated rings. The van der Waals surface area contributed by atoms with Crippen LogP contribution in [0.5, 0.6) is 0 Å². The van der Waals surface area contributed by atoms with Crippen molar-refractivity contribution in [2.24, 2.45) is 4.99 Å². The summed E-state index contributed by atoms with van der Waals surface area (Å²) in [5, 5.41) is 6.22. The van der Waals surface area contributed by atoms with Crippen LogP contribution in [0.1, 0.15) is 24.8 Å². The van der Waals surface area contributed by atoms with Gasteiger partial charge in [0, 0.05) is 58.5 Å². The van der Waals surface area contributed by atoms with Gasteiger partial charge in [0.25, 0.3) is 0 Å². The second-order valence-corrected chi connectivity index (χ2v) is 8.67. The summed E-state index contributed by atoms with van der Waals surface area (Å²) in [5.74, 6) is 3.10. The summed E-state index contributed by atoms with van der Waals surface area (Å²) in [6.07, 6.45) is 3.45. The molecular weight excluding hydrogens is 394 g/mol. The van der Waals surface area contributed by atoms with E-state index in [1.54, 1.807) is 7.11 Å². The second-order valence-electron chi connectivity index (χ2n) is 7.57.